The molecule has 2 aromatic rings. The van der Waals surface area contributed by atoms with E-state index in [1.807, 2.05) is 11.8 Å². The number of aromatic nitrogens is 1. The SMILES string of the molecule is CC1CN(C(=O)N2CC3(CCN(c4ccc(F)cn4)C3)C2)c2ccc(C#N)cc2O1. The third kappa shape index (κ3) is 3.11. The largest absolute Gasteiger partial charge is 0.487 e. The molecule has 2 fully saturated rings. The molecule has 3 aliphatic heterocycles. The van der Waals surface area contributed by atoms with Crippen molar-refractivity contribution < 1.29 is 13.9 Å². The van der Waals surface area contributed by atoms with E-state index in [0.717, 1.165) is 25.3 Å². The summed E-state index contributed by atoms with van der Waals surface area (Å²) in [6.45, 7) is 5.46. The van der Waals surface area contributed by atoms with Crippen molar-refractivity contribution in [2.75, 3.05) is 42.5 Å². The molecule has 0 bridgehead atoms. The van der Waals surface area contributed by atoms with Gasteiger partial charge in [-0.1, -0.05) is 0 Å². The second kappa shape index (κ2) is 6.87. The number of amides is 2. The zero-order valence-corrected chi connectivity index (χ0v) is 16.7. The number of urea groups is 1. The number of nitrogens with zero attached hydrogens (tertiary/aromatic N) is 5. The fraction of sp³-hybridized carbons (Fsp3) is 0.409. The van der Waals surface area contributed by atoms with Gasteiger partial charge >= 0.3 is 6.03 Å². The number of nitriles is 1. The maximum Gasteiger partial charge on any atom is 0.324 e. The lowest BCUT2D eigenvalue weighted by Gasteiger charge is -2.50. The van der Waals surface area contributed by atoms with E-state index in [4.69, 9.17) is 10.00 Å². The summed E-state index contributed by atoms with van der Waals surface area (Å²) in [7, 11) is 0. The highest BCUT2D eigenvalue weighted by atomic mass is 19.1. The summed E-state index contributed by atoms with van der Waals surface area (Å²) in [5.41, 5.74) is 1.29. The Hall–Kier alpha value is -3.34. The first-order chi connectivity index (χ1) is 14.5. The van der Waals surface area contributed by atoms with Gasteiger partial charge in [-0.3, -0.25) is 4.90 Å². The first-order valence-corrected chi connectivity index (χ1v) is 10.1. The summed E-state index contributed by atoms with van der Waals surface area (Å²) in [6.07, 6.45) is 2.08. The molecular weight excluding hydrogens is 385 g/mol. The molecule has 0 aliphatic carbocycles. The Morgan fingerprint density at radius 3 is 2.87 bits per heavy atom. The number of fused-ring (bicyclic) bond motifs is 1. The molecule has 0 radical (unpaired) electrons. The number of halogens is 1. The van der Waals surface area contributed by atoms with Crippen LogP contribution in [0.15, 0.2) is 36.5 Å². The van der Waals surface area contributed by atoms with Gasteiger partial charge in [0.25, 0.3) is 0 Å². The Kier molecular flexibility index (Phi) is 4.28. The van der Waals surface area contributed by atoms with Crippen LogP contribution in [0.2, 0.25) is 0 Å². The van der Waals surface area contributed by atoms with Crippen LogP contribution >= 0.6 is 0 Å². The summed E-state index contributed by atoms with van der Waals surface area (Å²) in [4.78, 5) is 23.2. The van der Waals surface area contributed by atoms with Gasteiger partial charge in [0.1, 0.15) is 23.5 Å². The van der Waals surface area contributed by atoms with Crippen molar-refractivity contribution in [3.63, 3.8) is 0 Å². The van der Waals surface area contributed by atoms with Crippen molar-refractivity contribution >= 4 is 17.5 Å². The van der Waals surface area contributed by atoms with Crippen molar-refractivity contribution in [3.05, 3.63) is 47.9 Å². The molecule has 4 heterocycles. The minimum atomic E-state index is -0.338. The minimum Gasteiger partial charge on any atom is -0.487 e. The van der Waals surface area contributed by atoms with Crippen LogP contribution < -0.4 is 14.5 Å². The van der Waals surface area contributed by atoms with Crippen LogP contribution in [0.1, 0.15) is 18.9 Å². The first-order valence-electron chi connectivity index (χ1n) is 10.1. The van der Waals surface area contributed by atoms with Crippen molar-refractivity contribution in [2.24, 2.45) is 5.41 Å². The van der Waals surface area contributed by atoms with Crippen molar-refractivity contribution in [1.82, 2.24) is 9.88 Å². The van der Waals surface area contributed by atoms with E-state index in [0.29, 0.717) is 36.6 Å². The van der Waals surface area contributed by atoms with Gasteiger partial charge in [-0.05, 0) is 37.6 Å². The van der Waals surface area contributed by atoms with E-state index in [2.05, 4.69) is 16.0 Å². The summed E-state index contributed by atoms with van der Waals surface area (Å²) in [5.74, 6) is 1.02. The van der Waals surface area contributed by atoms with Gasteiger partial charge in [0.15, 0.2) is 0 Å². The van der Waals surface area contributed by atoms with E-state index in [1.54, 1.807) is 29.2 Å². The van der Waals surface area contributed by atoms with Crippen LogP contribution in [0.3, 0.4) is 0 Å². The Morgan fingerprint density at radius 1 is 1.30 bits per heavy atom. The van der Waals surface area contributed by atoms with Crippen molar-refractivity contribution in [2.45, 2.75) is 19.4 Å². The lowest BCUT2D eigenvalue weighted by atomic mass is 9.79. The molecule has 2 saturated heterocycles. The highest BCUT2D eigenvalue weighted by Crippen LogP contribution is 2.42. The van der Waals surface area contributed by atoms with Gasteiger partial charge in [-0.15, -0.1) is 0 Å². The highest BCUT2D eigenvalue weighted by Gasteiger charge is 2.50. The van der Waals surface area contributed by atoms with Crippen LogP contribution in [-0.4, -0.2) is 54.7 Å². The normalized spacial score (nSPS) is 21.6. The Bertz CT molecular complexity index is 1030. The monoisotopic (exact) mass is 407 g/mol. The summed E-state index contributed by atoms with van der Waals surface area (Å²) >= 11 is 0. The topological polar surface area (TPSA) is 72.7 Å². The number of benzene rings is 1. The number of rotatable bonds is 1. The number of hydrogen-bond donors (Lipinski definition) is 0. The molecule has 1 aromatic carbocycles. The van der Waals surface area contributed by atoms with Crippen LogP contribution in [0.25, 0.3) is 0 Å². The Morgan fingerprint density at radius 2 is 2.13 bits per heavy atom. The molecule has 1 spiro atoms. The van der Waals surface area contributed by atoms with Gasteiger partial charge < -0.3 is 14.5 Å². The smallest absolute Gasteiger partial charge is 0.324 e. The zero-order valence-electron chi connectivity index (χ0n) is 16.7. The molecule has 154 valence electrons. The number of likely N-dealkylation sites (tertiary alicyclic amines) is 1. The number of pyridine rings is 1. The Balaban J connectivity index is 1.27. The van der Waals surface area contributed by atoms with E-state index >= 15 is 0 Å². The molecule has 5 rings (SSSR count). The maximum absolute atomic E-state index is 13.2. The highest BCUT2D eigenvalue weighted by molar-refractivity contribution is 5.95. The number of anilines is 2. The van der Waals surface area contributed by atoms with Gasteiger partial charge in [0.2, 0.25) is 0 Å². The number of carbonyl (C=O) groups is 1. The number of ether oxygens (including phenoxy) is 1. The molecule has 1 aromatic heterocycles. The molecule has 1 unspecified atom stereocenters. The second-order valence-corrected chi connectivity index (χ2v) is 8.48. The quantitative estimate of drug-likeness (QED) is 0.727. The van der Waals surface area contributed by atoms with Crippen LogP contribution in [0.4, 0.5) is 20.7 Å². The lowest BCUT2D eigenvalue weighted by Crippen LogP contribution is -2.63. The number of hydrogen-bond acceptors (Lipinski definition) is 5. The fourth-order valence-corrected chi connectivity index (χ4v) is 4.70. The third-order valence-corrected chi connectivity index (χ3v) is 6.18. The van der Waals surface area contributed by atoms with Crippen LogP contribution in [0.5, 0.6) is 5.75 Å². The van der Waals surface area contributed by atoms with Crippen molar-refractivity contribution in [3.8, 4) is 11.8 Å². The predicted molar refractivity (Wildman–Crippen MR) is 109 cm³/mol. The average molecular weight is 407 g/mol. The Labute approximate surface area is 174 Å². The second-order valence-electron chi connectivity index (χ2n) is 8.48. The molecular formula is C22H22FN5O2. The molecule has 8 heteroatoms. The average Bonchev–Trinajstić information content (AvgIpc) is 3.17. The summed E-state index contributed by atoms with van der Waals surface area (Å²) in [6, 6.07) is 10.4. The zero-order chi connectivity index (χ0) is 20.9. The van der Waals surface area contributed by atoms with Gasteiger partial charge in [0, 0.05) is 37.7 Å². The van der Waals surface area contributed by atoms with Crippen molar-refractivity contribution in [1.29, 1.82) is 5.26 Å². The first kappa shape index (κ1) is 18.7. The minimum absolute atomic E-state index is 0.0277. The summed E-state index contributed by atoms with van der Waals surface area (Å²) in [5, 5.41) is 9.13. The van der Waals surface area contributed by atoms with E-state index < -0.39 is 0 Å². The van der Waals surface area contributed by atoms with Gasteiger partial charge in [-0.2, -0.15) is 5.26 Å². The fourth-order valence-electron chi connectivity index (χ4n) is 4.70. The standard InChI is InChI=1S/C22H22FN5O2/c1-15-11-28(18-4-2-16(9-24)8-19(18)30-15)21(29)27-13-22(14-27)6-7-26(12-22)20-5-3-17(23)10-25-20/h2-5,8,10,15H,6-7,11-14H2,1H3. The lowest BCUT2D eigenvalue weighted by molar-refractivity contribution is 0.0509. The molecule has 1 atom stereocenters. The predicted octanol–water partition coefficient (Wildman–Crippen LogP) is 3.01. The van der Waals surface area contributed by atoms with E-state index in [1.165, 1.54) is 12.3 Å². The molecule has 2 amide bonds. The maximum atomic E-state index is 13.2. The van der Waals surface area contributed by atoms with Gasteiger partial charge in [-0.25, -0.2) is 14.2 Å². The molecule has 30 heavy (non-hydrogen) atoms. The molecule has 7 nitrogen and oxygen atoms in total. The molecule has 0 saturated carbocycles. The summed E-state index contributed by atoms with van der Waals surface area (Å²) < 4.78 is 19.0. The number of carbonyl (C=O) groups excluding carboxylic acids is 1. The molecule has 0 N–H and O–H groups in total. The van der Waals surface area contributed by atoms with E-state index in [-0.39, 0.29) is 23.4 Å². The van der Waals surface area contributed by atoms with Crippen LogP contribution in [-0.2, 0) is 0 Å². The van der Waals surface area contributed by atoms with E-state index in [9.17, 15) is 9.18 Å². The van der Waals surface area contributed by atoms with Crippen LogP contribution in [0, 0.1) is 22.6 Å². The molecule has 3 aliphatic rings. The van der Waals surface area contributed by atoms with Gasteiger partial charge in [0.05, 0.1) is 30.1 Å². The third-order valence-electron chi connectivity index (χ3n) is 6.18.